The second-order valence-corrected chi connectivity index (χ2v) is 1.61. The number of nitrogens with two attached hydrogens (primary N) is 1. The summed E-state index contributed by atoms with van der Waals surface area (Å²) >= 11 is 5.52. The van der Waals surface area contributed by atoms with Crippen LogP contribution >= 0.6 is 11.6 Å². The Hall–Kier alpha value is -0.690. The van der Waals surface area contributed by atoms with Gasteiger partial charge in [-0.15, -0.1) is 0 Å². The van der Waals surface area contributed by atoms with Crippen molar-refractivity contribution in [1.29, 1.82) is 0 Å². The first kappa shape index (κ1) is 2.28. The Balaban J connectivity index is 3.60. The average Bonchev–Trinajstić information content (AvgIpc) is 2.08. The summed E-state index contributed by atoms with van der Waals surface area (Å²) in [6.07, 6.45) is 0. The van der Waals surface area contributed by atoms with Gasteiger partial charge in [0.2, 0.25) is 0 Å². The van der Waals surface area contributed by atoms with Crippen LogP contribution < -0.4 is 5.73 Å². The Kier molecular flexibility index (Phi) is 0.584. The topological polar surface area (TPSA) is 26.0 Å². The third kappa shape index (κ3) is 0.928. The highest BCUT2D eigenvalue weighted by Gasteiger charge is 1.87. The summed E-state index contributed by atoms with van der Waals surface area (Å²) in [4.78, 5) is 0. The number of halogens is 1. The summed E-state index contributed by atoms with van der Waals surface area (Å²) in [5.74, 6) is 0. The number of anilines is 1. The highest BCUT2D eigenvalue weighted by Crippen LogP contribution is 2.15. The molecule has 1 nitrogen and oxygen atoms in total. The fourth-order valence-corrected chi connectivity index (χ4v) is 0.401. The predicted octanol–water partition coefficient (Wildman–Crippen LogP) is 1.92. The van der Waals surface area contributed by atoms with E-state index in [0.29, 0.717) is 0 Å². The number of hydrogen-bond acceptors (Lipinski definition) is 1. The van der Waals surface area contributed by atoms with E-state index in [4.69, 9.17) is 22.8 Å². The van der Waals surface area contributed by atoms with E-state index >= 15 is 0 Å². The largest absolute Gasteiger partial charge is 0.398 e. The van der Waals surface area contributed by atoms with E-state index in [-0.39, 0.29) is 34.9 Å². The highest BCUT2D eigenvalue weighted by molar-refractivity contribution is 6.33. The van der Waals surface area contributed by atoms with Gasteiger partial charge in [-0.05, 0) is 12.1 Å². The van der Waals surface area contributed by atoms with E-state index in [1.54, 1.807) is 0 Å². The quantitative estimate of drug-likeness (QED) is 0.535. The summed E-state index contributed by atoms with van der Waals surface area (Å²) in [6.45, 7) is 0. The first-order valence-corrected chi connectivity index (χ1v) is 2.36. The van der Waals surface area contributed by atoms with Crippen LogP contribution in [0.3, 0.4) is 0 Å². The third-order valence-corrected chi connectivity index (χ3v) is 0.966. The third-order valence-electron chi connectivity index (χ3n) is 0.668. The zero-order valence-electron chi connectivity index (χ0n) is 7.96. The van der Waals surface area contributed by atoms with Gasteiger partial charge in [0.1, 0.15) is 0 Å². The molecule has 42 valence electrons. The van der Waals surface area contributed by atoms with E-state index in [9.17, 15) is 0 Å². The molecule has 1 aromatic carbocycles. The van der Waals surface area contributed by atoms with Crippen molar-refractivity contribution in [3.05, 3.63) is 29.2 Å². The molecular weight excluding hydrogens is 122 g/mol. The van der Waals surface area contributed by atoms with Crippen LogP contribution in [0.5, 0.6) is 0 Å². The Morgan fingerprint density at radius 1 is 1.50 bits per heavy atom. The van der Waals surface area contributed by atoms with Crippen molar-refractivity contribution in [3.63, 3.8) is 0 Å². The van der Waals surface area contributed by atoms with Crippen LogP contribution in [-0.4, -0.2) is 0 Å². The maximum atomic E-state index is 7.22. The summed E-state index contributed by atoms with van der Waals surface area (Å²) in [6, 6.07) is -1.31. The van der Waals surface area contributed by atoms with E-state index in [0.717, 1.165) is 0 Å². The molecule has 0 saturated carbocycles. The van der Waals surface area contributed by atoms with Gasteiger partial charge in [0.25, 0.3) is 0 Å². The molecule has 0 unspecified atom stereocenters. The SMILES string of the molecule is [2H]c1c([2H])c([2H])c(Cl)c(N)c1[2H]. The first-order valence-electron chi connectivity index (χ1n) is 3.98. The zero-order valence-corrected chi connectivity index (χ0v) is 4.71. The summed E-state index contributed by atoms with van der Waals surface area (Å²) in [7, 11) is 0. The monoisotopic (exact) mass is 131 g/mol. The summed E-state index contributed by atoms with van der Waals surface area (Å²) < 4.78 is 28.8. The number of benzene rings is 1. The minimum absolute atomic E-state index is 0.109. The molecule has 0 aromatic heterocycles. The number of hydrogen-bond donors (Lipinski definition) is 1. The Labute approximate surface area is 58.7 Å². The van der Waals surface area contributed by atoms with Gasteiger partial charge in [-0.1, -0.05) is 23.7 Å². The van der Waals surface area contributed by atoms with Crippen molar-refractivity contribution in [2.75, 3.05) is 5.73 Å². The molecular formula is C6H6ClN. The fourth-order valence-electron chi connectivity index (χ4n) is 0.307. The molecule has 0 spiro atoms. The lowest BCUT2D eigenvalue weighted by Crippen LogP contribution is -1.82. The summed E-state index contributed by atoms with van der Waals surface area (Å²) in [5.41, 5.74) is 5.20. The second-order valence-electron chi connectivity index (χ2n) is 1.23. The van der Waals surface area contributed by atoms with E-state index in [1.165, 1.54) is 0 Å². The van der Waals surface area contributed by atoms with Gasteiger partial charge in [-0.2, -0.15) is 0 Å². The van der Waals surface area contributed by atoms with Crippen molar-refractivity contribution in [1.82, 2.24) is 0 Å². The number of rotatable bonds is 0. The average molecular weight is 132 g/mol. The normalized spacial score (nSPS) is 16.1. The van der Waals surface area contributed by atoms with Gasteiger partial charge in [0.05, 0.1) is 16.2 Å². The molecule has 1 rings (SSSR count). The smallest absolute Gasteiger partial charge is 0.0645 e. The van der Waals surface area contributed by atoms with Crippen LogP contribution in [-0.2, 0) is 0 Å². The first-order chi connectivity index (χ1) is 5.46. The lowest BCUT2D eigenvalue weighted by Gasteiger charge is -1.91. The lowest BCUT2D eigenvalue weighted by molar-refractivity contribution is 1.68. The maximum Gasteiger partial charge on any atom is 0.0645 e. The van der Waals surface area contributed by atoms with Crippen LogP contribution in [0, 0.1) is 0 Å². The van der Waals surface area contributed by atoms with Crippen LogP contribution in [0.1, 0.15) is 5.48 Å². The van der Waals surface area contributed by atoms with Crippen LogP contribution in [0.15, 0.2) is 24.2 Å². The molecule has 0 aliphatic carbocycles. The van der Waals surface area contributed by atoms with Gasteiger partial charge in [-0.3, -0.25) is 0 Å². The molecule has 2 N–H and O–H groups in total. The van der Waals surface area contributed by atoms with Crippen molar-refractivity contribution >= 4 is 17.3 Å². The minimum Gasteiger partial charge on any atom is -0.398 e. The van der Waals surface area contributed by atoms with Crippen molar-refractivity contribution < 1.29 is 5.48 Å². The van der Waals surface area contributed by atoms with Gasteiger partial charge in [0.15, 0.2) is 0 Å². The molecule has 8 heavy (non-hydrogen) atoms. The zero-order chi connectivity index (χ0) is 9.46. The Bertz CT molecular complexity index is 234. The van der Waals surface area contributed by atoms with Gasteiger partial charge < -0.3 is 5.73 Å². The van der Waals surface area contributed by atoms with E-state index in [1.807, 2.05) is 0 Å². The fraction of sp³-hybridized carbons (Fsp3) is 0. The lowest BCUT2D eigenvalue weighted by atomic mass is 10.3. The Morgan fingerprint density at radius 2 is 2.12 bits per heavy atom. The standard InChI is InChI=1S/C6H6ClN/c7-5-3-1-2-4-6(5)8/h1-4H,8H2/i1D,2D,3D,4D. The molecule has 0 bridgehead atoms. The molecule has 0 aliphatic rings. The summed E-state index contributed by atoms with van der Waals surface area (Å²) in [5, 5.41) is -0.124. The van der Waals surface area contributed by atoms with Crippen LogP contribution in [0.25, 0.3) is 0 Å². The minimum atomic E-state index is -0.362. The molecule has 2 heteroatoms. The van der Waals surface area contributed by atoms with Crippen molar-refractivity contribution in [2.24, 2.45) is 0 Å². The molecule has 0 saturated heterocycles. The highest BCUT2D eigenvalue weighted by atomic mass is 35.5. The molecule has 0 aliphatic heterocycles. The van der Waals surface area contributed by atoms with Crippen LogP contribution in [0.2, 0.25) is 5.02 Å². The van der Waals surface area contributed by atoms with E-state index < -0.39 is 0 Å². The predicted molar refractivity (Wildman–Crippen MR) is 35.9 cm³/mol. The van der Waals surface area contributed by atoms with Gasteiger partial charge in [-0.25, -0.2) is 0 Å². The second kappa shape index (κ2) is 2.05. The van der Waals surface area contributed by atoms with Gasteiger partial charge >= 0.3 is 0 Å². The number of para-hydroxylation sites is 1. The van der Waals surface area contributed by atoms with E-state index in [2.05, 4.69) is 0 Å². The molecule has 0 radical (unpaired) electrons. The molecule has 0 amide bonds. The van der Waals surface area contributed by atoms with Crippen molar-refractivity contribution in [3.8, 4) is 0 Å². The van der Waals surface area contributed by atoms with Gasteiger partial charge in [0, 0.05) is 0 Å². The number of nitrogen functional groups attached to an aromatic ring is 1. The molecule has 1 aromatic rings. The molecule has 0 atom stereocenters. The molecule has 0 fully saturated rings. The van der Waals surface area contributed by atoms with Crippen LogP contribution in [0.4, 0.5) is 5.69 Å². The Morgan fingerprint density at radius 3 is 2.88 bits per heavy atom. The molecule has 0 heterocycles. The van der Waals surface area contributed by atoms with Crippen molar-refractivity contribution in [2.45, 2.75) is 0 Å². The maximum absolute atomic E-state index is 7.22.